The molecular formula is C17H20N2O5S. The van der Waals surface area contributed by atoms with E-state index in [0.29, 0.717) is 5.56 Å². The summed E-state index contributed by atoms with van der Waals surface area (Å²) in [6.07, 6.45) is 2.12. The Morgan fingerprint density at radius 2 is 1.68 bits per heavy atom. The quantitative estimate of drug-likeness (QED) is 0.580. The van der Waals surface area contributed by atoms with E-state index in [9.17, 15) is 13.5 Å². The van der Waals surface area contributed by atoms with Gasteiger partial charge >= 0.3 is 0 Å². The van der Waals surface area contributed by atoms with E-state index >= 15 is 0 Å². The number of methoxy groups -OCH3 is 2. The first kappa shape index (κ1) is 18.6. The topological polar surface area (TPSA) is 97.2 Å². The molecule has 2 aromatic carbocycles. The summed E-state index contributed by atoms with van der Waals surface area (Å²) in [6.45, 7) is 1.99. The molecular weight excluding hydrogens is 344 g/mol. The van der Waals surface area contributed by atoms with Gasteiger partial charge in [-0.3, -0.25) is 0 Å². The van der Waals surface area contributed by atoms with Crippen LogP contribution in [0.25, 0.3) is 0 Å². The molecule has 0 heterocycles. The summed E-state index contributed by atoms with van der Waals surface area (Å²) in [4.78, 5) is 2.28. The number of rotatable bonds is 7. The van der Waals surface area contributed by atoms with Gasteiger partial charge in [-0.25, -0.2) is 4.83 Å². The molecule has 0 saturated heterocycles. The standard InChI is InChI=1S/C17H20N2O5S/c1-4-12-5-7-14(8-6-12)25(21,22)19-18-11-13-9-15(23-2)17(20)16(10-13)24-3/h5-11,19-20H,4H2,1-3H3/b18-11-. The number of aromatic hydroxyl groups is 1. The molecule has 0 spiro atoms. The average Bonchev–Trinajstić information content (AvgIpc) is 2.62. The van der Waals surface area contributed by atoms with E-state index in [1.807, 2.05) is 6.92 Å². The highest BCUT2D eigenvalue weighted by molar-refractivity contribution is 7.89. The van der Waals surface area contributed by atoms with Gasteiger partial charge in [0, 0.05) is 5.56 Å². The monoisotopic (exact) mass is 364 g/mol. The third kappa shape index (κ3) is 4.42. The summed E-state index contributed by atoms with van der Waals surface area (Å²) in [5.74, 6) is 0.247. The lowest BCUT2D eigenvalue weighted by atomic mass is 10.2. The van der Waals surface area contributed by atoms with Crippen LogP contribution in [0.15, 0.2) is 46.4 Å². The van der Waals surface area contributed by atoms with Crippen molar-refractivity contribution in [2.45, 2.75) is 18.2 Å². The lowest BCUT2D eigenvalue weighted by Gasteiger charge is -2.09. The molecule has 0 aliphatic carbocycles. The molecule has 0 atom stereocenters. The molecule has 0 amide bonds. The zero-order chi connectivity index (χ0) is 18.4. The second-order valence-corrected chi connectivity index (χ2v) is 6.79. The van der Waals surface area contributed by atoms with Gasteiger partial charge in [-0.2, -0.15) is 13.5 Å². The Morgan fingerprint density at radius 3 is 2.16 bits per heavy atom. The molecule has 0 radical (unpaired) electrons. The van der Waals surface area contributed by atoms with Gasteiger partial charge < -0.3 is 14.6 Å². The van der Waals surface area contributed by atoms with E-state index < -0.39 is 10.0 Å². The molecule has 0 fully saturated rings. The van der Waals surface area contributed by atoms with Crippen LogP contribution in [-0.2, 0) is 16.4 Å². The Bertz CT molecular complexity index is 836. The molecule has 0 saturated carbocycles. The highest BCUT2D eigenvalue weighted by Gasteiger charge is 2.13. The molecule has 2 rings (SSSR count). The number of nitrogens with zero attached hydrogens (tertiary/aromatic N) is 1. The van der Waals surface area contributed by atoms with E-state index in [0.717, 1.165) is 12.0 Å². The number of hydrogen-bond donors (Lipinski definition) is 2. The first-order valence-electron chi connectivity index (χ1n) is 7.50. The Kier molecular flexibility index (Phi) is 5.87. The minimum absolute atomic E-state index is 0.128. The molecule has 0 aromatic heterocycles. The molecule has 7 nitrogen and oxygen atoms in total. The molecule has 0 bridgehead atoms. The first-order chi connectivity index (χ1) is 11.9. The second-order valence-electron chi connectivity index (χ2n) is 5.12. The maximum Gasteiger partial charge on any atom is 0.276 e. The molecule has 2 N–H and O–H groups in total. The summed E-state index contributed by atoms with van der Waals surface area (Å²) < 4.78 is 34.5. The zero-order valence-electron chi connectivity index (χ0n) is 14.2. The second kappa shape index (κ2) is 7.89. The van der Waals surface area contributed by atoms with Crippen molar-refractivity contribution < 1.29 is 23.0 Å². The van der Waals surface area contributed by atoms with Gasteiger partial charge in [0.05, 0.1) is 25.3 Å². The first-order valence-corrected chi connectivity index (χ1v) is 8.98. The Morgan fingerprint density at radius 1 is 1.12 bits per heavy atom. The third-order valence-electron chi connectivity index (χ3n) is 3.53. The van der Waals surface area contributed by atoms with Crippen LogP contribution < -0.4 is 14.3 Å². The van der Waals surface area contributed by atoms with E-state index in [2.05, 4.69) is 9.93 Å². The minimum atomic E-state index is -3.75. The summed E-state index contributed by atoms with van der Waals surface area (Å²) in [5.41, 5.74) is 1.54. The normalized spacial score (nSPS) is 11.5. The van der Waals surface area contributed by atoms with E-state index in [4.69, 9.17) is 9.47 Å². The minimum Gasteiger partial charge on any atom is -0.502 e. The highest BCUT2D eigenvalue weighted by Crippen LogP contribution is 2.36. The Labute approximate surface area is 147 Å². The van der Waals surface area contributed by atoms with Gasteiger partial charge in [0.25, 0.3) is 10.0 Å². The number of ether oxygens (including phenoxy) is 2. The van der Waals surface area contributed by atoms with Crippen molar-refractivity contribution in [2.24, 2.45) is 5.10 Å². The predicted octanol–water partition coefficient (Wildman–Crippen LogP) is 2.28. The van der Waals surface area contributed by atoms with Gasteiger partial charge in [-0.15, -0.1) is 0 Å². The number of benzene rings is 2. The van der Waals surface area contributed by atoms with Crippen molar-refractivity contribution in [1.29, 1.82) is 0 Å². The number of aryl methyl sites for hydroxylation is 1. The number of hydrogen-bond acceptors (Lipinski definition) is 6. The fourth-order valence-corrected chi connectivity index (χ4v) is 2.91. The van der Waals surface area contributed by atoms with Crippen molar-refractivity contribution in [3.8, 4) is 17.2 Å². The van der Waals surface area contributed by atoms with E-state index in [-0.39, 0.29) is 22.1 Å². The summed E-state index contributed by atoms with van der Waals surface area (Å²) >= 11 is 0. The van der Waals surface area contributed by atoms with Gasteiger partial charge in [0.1, 0.15) is 0 Å². The molecule has 8 heteroatoms. The van der Waals surface area contributed by atoms with Crippen molar-refractivity contribution in [3.05, 3.63) is 47.5 Å². The van der Waals surface area contributed by atoms with E-state index in [1.54, 1.807) is 12.1 Å². The smallest absolute Gasteiger partial charge is 0.276 e. The maximum atomic E-state index is 12.2. The zero-order valence-corrected chi connectivity index (χ0v) is 15.0. The molecule has 25 heavy (non-hydrogen) atoms. The number of nitrogens with one attached hydrogen (secondary N) is 1. The van der Waals surface area contributed by atoms with Crippen LogP contribution in [0.2, 0.25) is 0 Å². The number of phenolic OH excluding ortho intramolecular Hbond substituents is 1. The van der Waals surface area contributed by atoms with E-state index in [1.165, 1.54) is 44.7 Å². The molecule has 2 aromatic rings. The van der Waals surface area contributed by atoms with Crippen LogP contribution in [0.3, 0.4) is 0 Å². The average molecular weight is 364 g/mol. The van der Waals surface area contributed by atoms with Gasteiger partial charge in [0.15, 0.2) is 11.5 Å². The van der Waals surface area contributed by atoms with Crippen LogP contribution >= 0.6 is 0 Å². The third-order valence-corrected chi connectivity index (χ3v) is 4.77. The Hall–Kier alpha value is -2.74. The molecule has 0 aliphatic rings. The summed E-state index contributed by atoms with van der Waals surface area (Å²) in [6, 6.07) is 9.59. The van der Waals surface area contributed by atoms with Crippen LogP contribution in [-0.4, -0.2) is 34.0 Å². The number of hydrazone groups is 1. The lowest BCUT2D eigenvalue weighted by Crippen LogP contribution is -2.18. The maximum absolute atomic E-state index is 12.2. The lowest BCUT2D eigenvalue weighted by molar-refractivity contribution is 0.340. The van der Waals surface area contributed by atoms with Gasteiger partial charge in [-0.1, -0.05) is 19.1 Å². The van der Waals surface area contributed by atoms with Crippen molar-refractivity contribution in [3.63, 3.8) is 0 Å². The van der Waals surface area contributed by atoms with Crippen LogP contribution in [0.1, 0.15) is 18.1 Å². The molecule has 134 valence electrons. The summed E-state index contributed by atoms with van der Waals surface area (Å²) in [5, 5.41) is 13.6. The van der Waals surface area contributed by atoms with Gasteiger partial charge in [0.2, 0.25) is 5.75 Å². The number of phenols is 1. The molecule has 0 aliphatic heterocycles. The highest BCUT2D eigenvalue weighted by atomic mass is 32.2. The van der Waals surface area contributed by atoms with Crippen LogP contribution in [0.4, 0.5) is 0 Å². The number of sulfonamides is 1. The molecule has 0 unspecified atom stereocenters. The Balaban J connectivity index is 2.19. The van der Waals surface area contributed by atoms with Crippen molar-refractivity contribution in [2.75, 3.05) is 14.2 Å². The van der Waals surface area contributed by atoms with Crippen LogP contribution in [0.5, 0.6) is 17.2 Å². The largest absolute Gasteiger partial charge is 0.502 e. The summed E-state index contributed by atoms with van der Waals surface area (Å²) in [7, 11) is -0.953. The fourth-order valence-electron chi connectivity index (χ4n) is 2.12. The SMILES string of the molecule is CCc1ccc(S(=O)(=O)N/N=C\c2cc(OC)c(O)c(OC)c2)cc1. The van der Waals surface area contributed by atoms with Crippen molar-refractivity contribution in [1.82, 2.24) is 4.83 Å². The van der Waals surface area contributed by atoms with Gasteiger partial charge in [-0.05, 0) is 36.2 Å². The predicted molar refractivity (Wildman–Crippen MR) is 94.9 cm³/mol. The van der Waals surface area contributed by atoms with Crippen molar-refractivity contribution >= 4 is 16.2 Å². The fraction of sp³-hybridized carbons (Fsp3) is 0.235. The van der Waals surface area contributed by atoms with Crippen LogP contribution in [0, 0.1) is 0 Å².